The van der Waals surface area contributed by atoms with Gasteiger partial charge in [-0.15, -0.1) is 0 Å². The Morgan fingerprint density at radius 1 is 1.14 bits per heavy atom. The number of para-hydroxylation sites is 1. The largest absolute Gasteiger partial charge is 0.496 e. The minimum atomic E-state index is -1.19. The van der Waals surface area contributed by atoms with E-state index in [1.165, 1.54) is 0 Å². The Labute approximate surface area is 211 Å². The first-order chi connectivity index (χ1) is 16.8. The van der Waals surface area contributed by atoms with Gasteiger partial charge in [0.1, 0.15) is 5.75 Å². The molecule has 0 spiro atoms. The fourth-order valence-electron chi connectivity index (χ4n) is 4.03. The van der Waals surface area contributed by atoms with E-state index in [2.05, 4.69) is 18.0 Å². The number of rotatable bonds is 11. The van der Waals surface area contributed by atoms with Crippen LogP contribution in [0.25, 0.3) is 11.1 Å². The number of nitrogens with zero attached hydrogens (tertiary/aromatic N) is 1. The topological polar surface area (TPSA) is 103 Å². The van der Waals surface area contributed by atoms with Crippen molar-refractivity contribution in [2.75, 3.05) is 25.2 Å². The number of aliphatic hydroxyl groups is 2. The maximum Gasteiger partial charge on any atom is 0.124 e. The second-order valence-electron chi connectivity index (χ2n) is 8.64. The molecule has 7 heteroatoms. The van der Waals surface area contributed by atoms with E-state index in [0.717, 1.165) is 22.4 Å². The zero-order chi connectivity index (χ0) is 25.6. The van der Waals surface area contributed by atoms with E-state index < -0.39 is 24.7 Å². The molecule has 3 rings (SSSR count). The average Bonchev–Trinajstić information content (AvgIpc) is 3.43. The summed E-state index contributed by atoms with van der Waals surface area (Å²) in [5.41, 5.74) is 10.0. The number of hydrogen-bond acceptors (Lipinski definition) is 7. The number of aliphatic hydroxyl groups excluding tert-OH is 2. The van der Waals surface area contributed by atoms with Crippen molar-refractivity contribution < 1.29 is 14.9 Å². The molecule has 5 N–H and O–H groups in total. The van der Waals surface area contributed by atoms with Gasteiger partial charge in [0.05, 0.1) is 31.8 Å². The van der Waals surface area contributed by atoms with E-state index in [4.69, 9.17) is 15.9 Å². The third-order valence-electron chi connectivity index (χ3n) is 6.20. The van der Waals surface area contributed by atoms with Crippen molar-refractivity contribution in [1.82, 2.24) is 0 Å². The summed E-state index contributed by atoms with van der Waals surface area (Å²) in [5, 5.41) is 33.3. The van der Waals surface area contributed by atoms with Crippen LogP contribution in [0.2, 0.25) is 0 Å². The highest BCUT2D eigenvalue weighted by Crippen LogP contribution is 2.41. The predicted octanol–water partition coefficient (Wildman–Crippen LogP) is 5.36. The molecule has 184 valence electrons. The van der Waals surface area contributed by atoms with Crippen LogP contribution in [0.5, 0.6) is 5.75 Å². The van der Waals surface area contributed by atoms with Crippen molar-refractivity contribution in [3.05, 3.63) is 95.0 Å². The van der Waals surface area contributed by atoms with Crippen LogP contribution in [0.3, 0.4) is 0 Å². The number of hydrogen-bond donors (Lipinski definition) is 4. The molecule has 0 bridgehead atoms. The minimum absolute atomic E-state index is 0.0557. The molecule has 0 amide bonds. The van der Waals surface area contributed by atoms with Crippen molar-refractivity contribution in [1.29, 1.82) is 5.41 Å². The number of nitrogens with one attached hydrogen (secondary N) is 1. The second-order valence-corrected chi connectivity index (χ2v) is 9.42. The van der Waals surface area contributed by atoms with Gasteiger partial charge in [-0.25, -0.2) is 0 Å². The van der Waals surface area contributed by atoms with Gasteiger partial charge in [-0.3, -0.25) is 0 Å². The van der Waals surface area contributed by atoms with Gasteiger partial charge in [-0.2, -0.15) is 11.3 Å². The van der Waals surface area contributed by atoms with Gasteiger partial charge in [-0.05, 0) is 66.2 Å². The summed E-state index contributed by atoms with van der Waals surface area (Å²) in [6.07, 6.45) is 1.70. The van der Waals surface area contributed by atoms with Crippen LogP contribution >= 0.6 is 11.3 Å². The molecule has 0 aliphatic carbocycles. The van der Waals surface area contributed by atoms with E-state index in [9.17, 15) is 10.2 Å². The predicted molar refractivity (Wildman–Crippen MR) is 145 cm³/mol. The summed E-state index contributed by atoms with van der Waals surface area (Å²) in [6.45, 7) is 6.64. The summed E-state index contributed by atoms with van der Waals surface area (Å²) in [4.78, 5) is 1.94. The maximum atomic E-state index is 10.1. The van der Waals surface area contributed by atoms with Crippen LogP contribution in [0, 0.1) is 10.8 Å². The van der Waals surface area contributed by atoms with E-state index in [0.29, 0.717) is 17.0 Å². The Kier molecular flexibility index (Phi) is 8.51. The van der Waals surface area contributed by atoms with E-state index in [1.807, 2.05) is 58.8 Å². The standard InChI is InChI=1S/C28H33N3O3S/c1-5-31(22-12-10-20(11-13-22)21-14-15-35-16-21)26(23-8-6-7-9-24(23)34-4)25(19(2)29)27(30)28(3,17-32)18-33/h5-16,26,30,32-33H,1,17-18,29H2,2-4H3/b25-19-,30-27?. The molecule has 1 heterocycles. The zero-order valence-electron chi connectivity index (χ0n) is 20.4. The molecule has 3 aromatic rings. The van der Waals surface area contributed by atoms with Gasteiger partial charge in [-0.1, -0.05) is 36.9 Å². The molecule has 1 unspecified atom stereocenters. The third-order valence-corrected chi connectivity index (χ3v) is 6.88. The molecule has 2 aromatic carbocycles. The molecule has 6 nitrogen and oxygen atoms in total. The average molecular weight is 492 g/mol. The van der Waals surface area contributed by atoms with Crippen molar-refractivity contribution >= 4 is 22.7 Å². The number of nitrogens with two attached hydrogens (primary N) is 1. The Bertz CT molecular complexity index is 1180. The SMILES string of the molecule is C=CN(c1ccc(-c2ccsc2)cc1)C(/C(C(=N)C(C)(CO)CO)=C(\C)N)c1ccccc1OC. The molecule has 1 aromatic heterocycles. The lowest BCUT2D eigenvalue weighted by Crippen LogP contribution is -2.41. The van der Waals surface area contributed by atoms with Gasteiger partial charge in [0.25, 0.3) is 0 Å². The fourth-order valence-corrected chi connectivity index (χ4v) is 4.70. The summed E-state index contributed by atoms with van der Waals surface area (Å²) in [6, 6.07) is 17.1. The first kappa shape index (κ1) is 26.2. The van der Waals surface area contributed by atoms with Crippen LogP contribution in [0.1, 0.15) is 25.5 Å². The Morgan fingerprint density at radius 3 is 2.31 bits per heavy atom. The lowest BCUT2D eigenvalue weighted by molar-refractivity contribution is 0.122. The van der Waals surface area contributed by atoms with Crippen LogP contribution in [0.4, 0.5) is 5.69 Å². The minimum Gasteiger partial charge on any atom is -0.496 e. The molecule has 0 saturated carbocycles. The summed E-state index contributed by atoms with van der Waals surface area (Å²) in [5.74, 6) is 0.625. The number of allylic oxidation sites excluding steroid dienone is 1. The molecule has 0 radical (unpaired) electrons. The summed E-state index contributed by atoms with van der Waals surface area (Å²) >= 11 is 1.65. The highest BCUT2D eigenvalue weighted by Gasteiger charge is 2.38. The second kappa shape index (κ2) is 11.4. The molecule has 0 aliphatic rings. The lowest BCUT2D eigenvalue weighted by Gasteiger charge is -2.38. The number of benzene rings is 2. The number of anilines is 1. The lowest BCUT2D eigenvalue weighted by atomic mass is 9.78. The van der Waals surface area contributed by atoms with Gasteiger partial charge >= 0.3 is 0 Å². The Morgan fingerprint density at radius 2 is 1.80 bits per heavy atom. The molecule has 0 fully saturated rings. The van der Waals surface area contributed by atoms with Crippen molar-refractivity contribution in [3.63, 3.8) is 0 Å². The summed E-state index contributed by atoms with van der Waals surface area (Å²) < 4.78 is 5.68. The highest BCUT2D eigenvalue weighted by molar-refractivity contribution is 7.08. The van der Waals surface area contributed by atoms with Crippen LogP contribution in [0.15, 0.2) is 89.4 Å². The Hall–Kier alpha value is -3.39. The van der Waals surface area contributed by atoms with Gasteiger partial charge in [0.2, 0.25) is 0 Å². The molecule has 0 saturated heterocycles. The molecule has 1 atom stereocenters. The molecular formula is C28H33N3O3S. The molecule has 0 aliphatic heterocycles. The van der Waals surface area contributed by atoms with Crippen LogP contribution in [-0.4, -0.2) is 36.2 Å². The first-order valence-electron chi connectivity index (χ1n) is 11.2. The van der Waals surface area contributed by atoms with Gasteiger partial charge < -0.3 is 31.0 Å². The maximum absolute atomic E-state index is 10.1. The summed E-state index contributed by atoms with van der Waals surface area (Å²) in [7, 11) is 1.60. The van der Waals surface area contributed by atoms with Crippen molar-refractivity contribution in [2.45, 2.75) is 19.9 Å². The highest BCUT2D eigenvalue weighted by atomic mass is 32.1. The molecule has 35 heavy (non-hydrogen) atoms. The Balaban J connectivity index is 2.21. The number of methoxy groups -OCH3 is 1. The van der Waals surface area contributed by atoms with Gasteiger partial charge in [0.15, 0.2) is 0 Å². The van der Waals surface area contributed by atoms with E-state index in [1.54, 1.807) is 38.5 Å². The quantitative estimate of drug-likeness (QED) is 0.271. The zero-order valence-corrected chi connectivity index (χ0v) is 21.2. The first-order valence-corrected chi connectivity index (χ1v) is 12.2. The normalized spacial score (nSPS) is 13.1. The number of thiophene rings is 1. The van der Waals surface area contributed by atoms with E-state index >= 15 is 0 Å². The van der Waals surface area contributed by atoms with Crippen LogP contribution in [-0.2, 0) is 0 Å². The van der Waals surface area contributed by atoms with Crippen molar-refractivity contribution in [3.8, 4) is 16.9 Å². The molecular weight excluding hydrogens is 458 g/mol. The third kappa shape index (κ3) is 5.32. The fraction of sp³-hybridized carbons (Fsp3) is 0.250. The van der Waals surface area contributed by atoms with E-state index in [-0.39, 0.29) is 5.71 Å². The number of ether oxygens (including phenoxy) is 1. The monoisotopic (exact) mass is 491 g/mol. The van der Waals surface area contributed by atoms with Gasteiger partial charge in [0, 0.05) is 28.2 Å². The van der Waals surface area contributed by atoms with Crippen LogP contribution < -0.4 is 15.4 Å². The van der Waals surface area contributed by atoms with Crippen molar-refractivity contribution in [2.24, 2.45) is 11.1 Å². The smallest absolute Gasteiger partial charge is 0.124 e.